The van der Waals surface area contributed by atoms with Crippen molar-refractivity contribution in [2.24, 2.45) is 0 Å². The lowest BCUT2D eigenvalue weighted by atomic mass is 10.1. The third kappa shape index (κ3) is 4.78. The highest BCUT2D eigenvalue weighted by Crippen LogP contribution is 2.24. The number of rotatable bonds is 7. The number of pyridine rings is 1. The van der Waals surface area contributed by atoms with Gasteiger partial charge in [-0.3, -0.25) is 4.79 Å². The predicted octanol–water partition coefficient (Wildman–Crippen LogP) is 1.90. The van der Waals surface area contributed by atoms with Gasteiger partial charge in [0, 0.05) is 24.0 Å². The topological polar surface area (TPSA) is 88.4 Å². The molecule has 2 aromatic rings. The van der Waals surface area contributed by atoms with Crippen LogP contribution in [0.15, 0.2) is 12.3 Å². The third-order valence-corrected chi connectivity index (χ3v) is 7.14. The first-order valence-electron chi connectivity index (χ1n) is 10.1. The fourth-order valence-electron chi connectivity index (χ4n) is 3.84. The number of sulfone groups is 1. The molecule has 0 aromatic carbocycles. The van der Waals surface area contributed by atoms with Crippen LogP contribution < -0.4 is 0 Å². The molecule has 1 unspecified atom stereocenters. The molecule has 1 atom stereocenters. The van der Waals surface area contributed by atoms with Gasteiger partial charge in [-0.1, -0.05) is 0 Å². The number of aromatic nitrogens is 3. The summed E-state index contributed by atoms with van der Waals surface area (Å²) in [4.78, 5) is 21.9. The van der Waals surface area contributed by atoms with Crippen LogP contribution >= 0.6 is 0 Å². The van der Waals surface area contributed by atoms with Gasteiger partial charge in [-0.25, -0.2) is 18.1 Å². The van der Waals surface area contributed by atoms with Crippen LogP contribution in [0.3, 0.4) is 0 Å². The van der Waals surface area contributed by atoms with Crippen molar-refractivity contribution in [2.45, 2.75) is 45.7 Å². The molecule has 0 N–H and O–H groups in total. The van der Waals surface area contributed by atoms with E-state index in [4.69, 9.17) is 0 Å². The van der Waals surface area contributed by atoms with Gasteiger partial charge in [-0.15, -0.1) is 0 Å². The number of hydrogen-bond donors (Lipinski definition) is 0. The number of nitrogens with zero attached hydrogens (tertiary/aromatic N) is 5. The molecule has 8 nitrogen and oxygen atoms in total. The summed E-state index contributed by atoms with van der Waals surface area (Å²) in [5.74, 6) is 0.0443. The molecule has 29 heavy (non-hydrogen) atoms. The van der Waals surface area contributed by atoms with Gasteiger partial charge < -0.3 is 9.80 Å². The first-order chi connectivity index (χ1) is 13.6. The van der Waals surface area contributed by atoms with E-state index in [2.05, 4.69) is 15.0 Å². The van der Waals surface area contributed by atoms with Crippen LogP contribution in [-0.2, 0) is 9.84 Å². The van der Waals surface area contributed by atoms with Crippen LogP contribution in [0.5, 0.6) is 0 Å². The van der Waals surface area contributed by atoms with Gasteiger partial charge in [-0.2, -0.15) is 5.10 Å². The first kappa shape index (κ1) is 21.7. The number of amides is 1. The molecule has 9 heteroatoms. The number of aryl methyl sites for hydroxylation is 1. The maximum absolute atomic E-state index is 13.5. The quantitative estimate of drug-likeness (QED) is 0.678. The van der Waals surface area contributed by atoms with E-state index < -0.39 is 9.84 Å². The Labute approximate surface area is 172 Å². The fourth-order valence-corrected chi connectivity index (χ4v) is 5.57. The van der Waals surface area contributed by atoms with Crippen molar-refractivity contribution in [3.63, 3.8) is 0 Å². The maximum atomic E-state index is 13.5. The number of fused-ring (bicyclic) bond motifs is 1. The summed E-state index contributed by atoms with van der Waals surface area (Å²) in [7, 11) is 0.892. The number of carbonyl (C=O) groups excluding carboxylic acids is 1. The summed E-state index contributed by atoms with van der Waals surface area (Å²) in [6.07, 6.45) is 3.01. The summed E-state index contributed by atoms with van der Waals surface area (Å²) in [6, 6.07) is 1.74. The van der Waals surface area contributed by atoms with Gasteiger partial charge in [-0.05, 0) is 60.3 Å². The molecule has 0 aliphatic carbocycles. The third-order valence-electron chi connectivity index (χ3n) is 5.39. The largest absolute Gasteiger partial charge is 0.335 e. The second kappa shape index (κ2) is 8.39. The van der Waals surface area contributed by atoms with E-state index >= 15 is 0 Å². The maximum Gasteiger partial charge on any atom is 0.256 e. The summed E-state index contributed by atoms with van der Waals surface area (Å²) in [5, 5.41) is 5.21. The van der Waals surface area contributed by atoms with Crippen LogP contribution in [0.2, 0.25) is 0 Å². The molecule has 0 spiro atoms. The van der Waals surface area contributed by atoms with Crippen LogP contribution in [0.25, 0.3) is 11.0 Å². The van der Waals surface area contributed by atoms with Crippen molar-refractivity contribution >= 4 is 26.8 Å². The lowest BCUT2D eigenvalue weighted by Crippen LogP contribution is -2.42. The Morgan fingerprint density at radius 1 is 1.31 bits per heavy atom. The number of carbonyl (C=O) groups is 1. The highest BCUT2D eigenvalue weighted by molar-refractivity contribution is 7.91. The Kier molecular flexibility index (Phi) is 6.28. The number of hydrogen-bond acceptors (Lipinski definition) is 6. The van der Waals surface area contributed by atoms with E-state index in [0.29, 0.717) is 24.2 Å². The summed E-state index contributed by atoms with van der Waals surface area (Å²) in [5.41, 5.74) is 1.93. The average Bonchev–Trinajstić information content (AvgIpc) is 3.19. The van der Waals surface area contributed by atoms with Gasteiger partial charge in [0.05, 0.1) is 29.0 Å². The van der Waals surface area contributed by atoms with Gasteiger partial charge in [0.25, 0.3) is 5.91 Å². The minimum Gasteiger partial charge on any atom is -0.335 e. The Hall–Kier alpha value is -2.00. The second-order valence-corrected chi connectivity index (χ2v) is 10.7. The highest BCUT2D eigenvalue weighted by atomic mass is 32.2. The zero-order valence-electron chi connectivity index (χ0n) is 17.9. The molecule has 160 valence electrons. The first-order valence-corrected chi connectivity index (χ1v) is 11.9. The van der Waals surface area contributed by atoms with Crippen LogP contribution in [0, 0.1) is 6.92 Å². The van der Waals surface area contributed by atoms with E-state index in [1.165, 1.54) is 0 Å². The van der Waals surface area contributed by atoms with Crippen LogP contribution in [-0.4, -0.2) is 83.6 Å². The monoisotopic (exact) mass is 421 g/mol. The molecule has 1 fully saturated rings. The molecule has 1 aliphatic heterocycles. The molecule has 0 bridgehead atoms. The van der Waals surface area contributed by atoms with E-state index in [-0.39, 0.29) is 29.5 Å². The van der Waals surface area contributed by atoms with Crippen LogP contribution in [0.1, 0.15) is 48.8 Å². The second-order valence-electron chi connectivity index (χ2n) is 8.43. The molecule has 0 saturated carbocycles. The molecule has 3 rings (SSSR count). The van der Waals surface area contributed by atoms with Gasteiger partial charge in [0.15, 0.2) is 15.5 Å². The molecular formula is C20H31N5O3S. The van der Waals surface area contributed by atoms with Crippen molar-refractivity contribution in [1.29, 1.82) is 0 Å². The zero-order chi connectivity index (χ0) is 21.3. The Morgan fingerprint density at radius 3 is 2.62 bits per heavy atom. The Morgan fingerprint density at radius 2 is 2.03 bits per heavy atom. The summed E-state index contributed by atoms with van der Waals surface area (Å²) >= 11 is 0. The van der Waals surface area contributed by atoms with Crippen molar-refractivity contribution in [2.75, 3.05) is 38.7 Å². The van der Waals surface area contributed by atoms with Crippen molar-refractivity contribution < 1.29 is 13.2 Å². The van der Waals surface area contributed by atoms with E-state index in [9.17, 15) is 13.2 Å². The molecule has 3 heterocycles. The van der Waals surface area contributed by atoms with Gasteiger partial charge in [0.2, 0.25) is 0 Å². The molecule has 0 radical (unpaired) electrons. The molecule has 1 aliphatic rings. The van der Waals surface area contributed by atoms with Crippen molar-refractivity contribution in [3.8, 4) is 0 Å². The van der Waals surface area contributed by atoms with E-state index in [0.717, 1.165) is 24.0 Å². The van der Waals surface area contributed by atoms with E-state index in [1.54, 1.807) is 11.1 Å². The molecule has 1 amide bonds. The van der Waals surface area contributed by atoms with Gasteiger partial charge >= 0.3 is 0 Å². The minimum absolute atomic E-state index is 0.0424. The average molecular weight is 422 g/mol. The lowest BCUT2D eigenvalue weighted by molar-refractivity contribution is 0.0689. The fraction of sp³-hybridized carbons (Fsp3) is 0.650. The predicted molar refractivity (Wildman–Crippen MR) is 114 cm³/mol. The summed E-state index contributed by atoms with van der Waals surface area (Å²) < 4.78 is 25.9. The van der Waals surface area contributed by atoms with Gasteiger partial charge in [0.1, 0.15) is 0 Å². The van der Waals surface area contributed by atoms with Crippen molar-refractivity contribution in [3.05, 3.63) is 23.5 Å². The normalized spacial score (nSPS) is 18.8. The smallest absolute Gasteiger partial charge is 0.256 e. The Balaban J connectivity index is 1.93. The summed E-state index contributed by atoms with van der Waals surface area (Å²) in [6.45, 7) is 7.26. The lowest BCUT2D eigenvalue weighted by Gasteiger charge is -2.29. The highest BCUT2D eigenvalue weighted by Gasteiger charge is 2.35. The molecule has 1 saturated heterocycles. The van der Waals surface area contributed by atoms with E-state index in [1.807, 2.05) is 45.6 Å². The van der Waals surface area contributed by atoms with Crippen LogP contribution in [0.4, 0.5) is 0 Å². The standard InChI is InChI=1S/C20H31N5O3S/c1-14(2)25-19-16(12-21-25)11-18(15(3)22-19)20(26)24(9-6-8-23(4)5)17-7-10-29(27,28)13-17/h11-12,14,17H,6-10,13H2,1-5H3. The molecular weight excluding hydrogens is 390 g/mol. The van der Waals surface area contributed by atoms with Crippen molar-refractivity contribution in [1.82, 2.24) is 24.6 Å². The minimum atomic E-state index is -3.08. The SMILES string of the molecule is Cc1nc2c(cnn2C(C)C)cc1C(=O)N(CCCN(C)C)C1CCS(=O)(=O)C1. The zero-order valence-corrected chi connectivity index (χ0v) is 18.7. The Bertz CT molecular complexity index is 997. The molecule has 2 aromatic heterocycles.